The quantitative estimate of drug-likeness (QED) is 0.452. The van der Waals surface area contributed by atoms with Crippen LogP contribution in [-0.4, -0.2) is 33.4 Å². The predicted octanol–water partition coefficient (Wildman–Crippen LogP) is 3.83. The molecule has 158 valence electrons. The molecule has 1 amide bonds. The smallest absolute Gasteiger partial charge is 0.359 e. The summed E-state index contributed by atoms with van der Waals surface area (Å²) in [6, 6.07) is 7.95. The molecular formula is C20H15ClN4O5S. The van der Waals surface area contributed by atoms with Crippen molar-refractivity contribution in [1.29, 1.82) is 0 Å². The molecule has 9 nitrogen and oxygen atoms in total. The van der Waals surface area contributed by atoms with Gasteiger partial charge in [0.1, 0.15) is 10.8 Å². The van der Waals surface area contributed by atoms with Gasteiger partial charge in [-0.05, 0) is 32.0 Å². The first kappa shape index (κ1) is 20.8. The molecule has 3 heterocycles. The molecule has 0 aliphatic heterocycles. The number of esters is 1. The third-order valence-electron chi connectivity index (χ3n) is 4.26. The van der Waals surface area contributed by atoms with Crippen LogP contribution in [-0.2, 0) is 4.74 Å². The highest BCUT2D eigenvalue weighted by Crippen LogP contribution is 2.31. The number of nitrogens with zero attached hydrogens (tertiary/aromatic N) is 3. The molecule has 1 N–H and O–H groups in total. The molecule has 4 rings (SSSR count). The van der Waals surface area contributed by atoms with E-state index < -0.39 is 17.4 Å². The maximum absolute atomic E-state index is 13.3. The number of ether oxygens (including phenoxy) is 1. The molecular weight excluding hydrogens is 444 g/mol. The molecule has 0 radical (unpaired) electrons. The lowest BCUT2D eigenvalue weighted by Gasteiger charge is -2.10. The molecule has 0 fully saturated rings. The molecule has 0 unspecified atom stereocenters. The van der Waals surface area contributed by atoms with E-state index in [0.29, 0.717) is 16.5 Å². The molecule has 0 atom stereocenters. The number of aryl methyl sites for hydroxylation is 1. The van der Waals surface area contributed by atoms with Crippen molar-refractivity contribution in [2.75, 3.05) is 11.9 Å². The van der Waals surface area contributed by atoms with E-state index in [4.69, 9.17) is 20.9 Å². The summed E-state index contributed by atoms with van der Waals surface area (Å²) >= 11 is 7.15. The zero-order valence-electron chi connectivity index (χ0n) is 16.3. The van der Waals surface area contributed by atoms with Crippen LogP contribution in [0.3, 0.4) is 0 Å². The second-order valence-electron chi connectivity index (χ2n) is 6.40. The lowest BCUT2D eigenvalue weighted by atomic mass is 10.2. The summed E-state index contributed by atoms with van der Waals surface area (Å²) in [4.78, 5) is 38.4. The van der Waals surface area contributed by atoms with Crippen LogP contribution in [0.4, 0.5) is 5.00 Å². The van der Waals surface area contributed by atoms with Gasteiger partial charge in [-0.1, -0.05) is 22.8 Å². The molecule has 0 saturated heterocycles. The minimum Gasteiger partial charge on any atom is -0.461 e. The van der Waals surface area contributed by atoms with Crippen molar-refractivity contribution in [2.45, 2.75) is 13.8 Å². The van der Waals surface area contributed by atoms with Gasteiger partial charge in [0.2, 0.25) is 0 Å². The number of fused-ring (bicyclic) bond motifs is 1. The maximum Gasteiger partial charge on any atom is 0.359 e. The highest BCUT2D eigenvalue weighted by molar-refractivity contribution is 7.16. The van der Waals surface area contributed by atoms with Gasteiger partial charge in [0.25, 0.3) is 11.5 Å². The van der Waals surface area contributed by atoms with E-state index in [2.05, 4.69) is 15.6 Å². The Labute approximate surface area is 184 Å². The van der Waals surface area contributed by atoms with Crippen molar-refractivity contribution in [3.8, 4) is 5.69 Å². The number of benzene rings is 1. The van der Waals surface area contributed by atoms with E-state index in [9.17, 15) is 14.4 Å². The summed E-state index contributed by atoms with van der Waals surface area (Å²) in [7, 11) is 0. The molecule has 1 aromatic carbocycles. The number of hydrogen-bond donors (Lipinski definition) is 1. The Balaban J connectivity index is 1.90. The molecule has 0 spiro atoms. The van der Waals surface area contributed by atoms with Gasteiger partial charge in [-0.2, -0.15) is 9.78 Å². The highest BCUT2D eigenvalue weighted by atomic mass is 35.5. The molecule has 0 bridgehead atoms. The lowest BCUT2D eigenvalue weighted by molar-refractivity contribution is 0.0520. The summed E-state index contributed by atoms with van der Waals surface area (Å²) in [5, 5.41) is 13.2. The highest BCUT2D eigenvalue weighted by Gasteiger charge is 2.24. The SMILES string of the molecule is CCOC(=O)c1nn(-c2cccc(Cl)c2)c(=O)c2c(NC(=O)c3cc(C)on3)scc12. The zero-order valence-corrected chi connectivity index (χ0v) is 17.9. The molecule has 31 heavy (non-hydrogen) atoms. The van der Waals surface area contributed by atoms with Gasteiger partial charge in [0, 0.05) is 21.9 Å². The average Bonchev–Trinajstić information content (AvgIpc) is 3.35. The van der Waals surface area contributed by atoms with Crippen molar-refractivity contribution in [3.63, 3.8) is 0 Å². The number of thiophene rings is 1. The summed E-state index contributed by atoms with van der Waals surface area (Å²) in [6.45, 7) is 3.46. The van der Waals surface area contributed by atoms with Gasteiger partial charge in [0.15, 0.2) is 11.4 Å². The van der Waals surface area contributed by atoms with E-state index in [0.717, 1.165) is 16.0 Å². The van der Waals surface area contributed by atoms with Crippen LogP contribution in [0.1, 0.15) is 33.7 Å². The maximum atomic E-state index is 13.3. The minimum absolute atomic E-state index is 0.0505. The topological polar surface area (TPSA) is 116 Å². The number of carbonyl (C=O) groups is 2. The van der Waals surface area contributed by atoms with E-state index in [1.165, 1.54) is 6.07 Å². The van der Waals surface area contributed by atoms with Gasteiger partial charge in [0.05, 0.1) is 17.7 Å². The molecule has 3 aromatic heterocycles. The van der Waals surface area contributed by atoms with Crippen molar-refractivity contribution in [1.82, 2.24) is 14.9 Å². The van der Waals surface area contributed by atoms with Crippen LogP contribution in [0, 0.1) is 6.92 Å². The van der Waals surface area contributed by atoms with Crippen LogP contribution in [0.25, 0.3) is 16.5 Å². The molecule has 4 aromatic rings. The lowest BCUT2D eigenvalue weighted by Crippen LogP contribution is -2.25. The number of hydrogen-bond acceptors (Lipinski definition) is 8. The molecule has 0 aliphatic rings. The van der Waals surface area contributed by atoms with Gasteiger partial charge in [-0.25, -0.2) is 4.79 Å². The van der Waals surface area contributed by atoms with E-state index >= 15 is 0 Å². The first-order valence-electron chi connectivity index (χ1n) is 9.11. The summed E-state index contributed by atoms with van der Waals surface area (Å²) in [6.07, 6.45) is 0. The monoisotopic (exact) mass is 458 g/mol. The van der Waals surface area contributed by atoms with Crippen LogP contribution < -0.4 is 10.9 Å². The van der Waals surface area contributed by atoms with Gasteiger partial charge < -0.3 is 14.6 Å². The van der Waals surface area contributed by atoms with E-state index in [1.807, 2.05) is 0 Å². The Bertz CT molecular complexity index is 1370. The van der Waals surface area contributed by atoms with Gasteiger partial charge >= 0.3 is 5.97 Å². The number of nitrogens with one attached hydrogen (secondary N) is 1. The van der Waals surface area contributed by atoms with E-state index in [1.54, 1.807) is 43.5 Å². The van der Waals surface area contributed by atoms with Crippen molar-refractivity contribution >= 4 is 50.6 Å². The minimum atomic E-state index is -0.689. The third-order valence-corrected chi connectivity index (χ3v) is 5.39. The normalized spacial score (nSPS) is 10.9. The van der Waals surface area contributed by atoms with Crippen LogP contribution in [0.5, 0.6) is 0 Å². The second kappa shape index (κ2) is 8.32. The number of anilines is 1. The largest absolute Gasteiger partial charge is 0.461 e. The van der Waals surface area contributed by atoms with Crippen LogP contribution >= 0.6 is 22.9 Å². The Morgan fingerprint density at radius 1 is 1.32 bits per heavy atom. The third kappa shape index (κ3) is 3.94. The van der Waals surface area contributed by atoms with Crippen molar-refractivity contribution in [2.24, 2.45) is 0 Å². The van der Waals surface area contributed by atoms with Gasteiger partial charge in [-0.15, -0.1) is 11.3 Å². The van der Waals surface area contributed by atoms with Crippen molar-refractivity contribution < 1.29 is 18.8 Å². The fourth-order valence-corrected chi connectivity index (χ4v) is 4.03. The average molecular weight is 459 g/mol. The zero-order chi connectivity index (χ0) is 22.1. The predicted molar refractivity (Wildman–Crippen MR) is 115 cm³/mol. The van der Waals surface area contributed by atoms with Crippen molar-refractivity contribution in [3.05, 3.63) is 68.2 Å². The summed E-state index contributed by atoms with van der Waals surface area (Å²) in [5.74, 6) is -0.770. The molecule has 0 aliphatic carbocycles. The summed E-state index contributed by atoms with van der Waals surface area (Å²) < 4.78 is 11.1. The second-order valence-corrected chi connectivity index (χ2v) is 7.71. The number of carbonyl (C=O) groups excluding carboxylic acids is 2. The first-order chi connectivity index (χ1) is 14.9. The van der Waals surface area contributed by atoms with Crippen LogP contribution in [0.2, 0.25) is 5.02 Å². The number of amides is 1. The number of halogens is 1. The fourth-order valence-electron chi connectivity index (χ4n) is 2.92. The molecule has 0 saturated carbocycles. The fraction of sp³-hybridized carbons (Fsp3) is 0.150. The Morgan fingerprint density at radius 2 is 2.13 bits per heavy atom. The Kier molecular flexibility index (Phi) is 5.57. The Morgan fingerprint density at radius 3 is 2.81 bits per heavy atom. The number of rotatable bonds is 5. The molecule has 11 heteroatoms. The standard InChI is InChI=1S/C20H15ClN4O5S/c1-3-29-20(28)16-13-9-31-18(22-17(26)14-7-10(2)30-24-14)15(13)19(27)25(23-16)12-6-4-5-11(21)8-12/h4-9H,3H2,1-2H3,(H,22,26). The van der Waals surface area contributed by atoms with Gasteiger partial charge in [-0.3, -0.25) is 9.59 Å². The Hall–Kier alpha value is -3.50. The first-order valence-corrected chi connectivity index (χ1v) is 10.4. The number of aromatic nitrogens is 3. The van der Waals surface area contributed by atoms with E-state index in [-0.39, 0.29) is 33.8 Å². The summed E-state index contributed by atoms with van der Waals surface area (Å²) in [5.41, 5.74) is -0.155. The van der Waals surface area contributed by atoms with Crippen LogP contribution in [0.15, 0.2) is 45.0 Å².